The second-order valence-corrected chi connectivity index (χ2v) is 8.50. The number of nitrogens with zero attached hydrogens (tertiary/aromatic N) is 2. The lowest BCUT2D eigenvalue weighted by atomic mass is 10.2. The molecule has 0 radical (unpaired) electrons. The summed E-state index contributed by atoms with van der Waals surface area (Å²) >= 11 is 30.4. The van der Waals surface area contributed by atoms with E-state index in [2.05, 4.69) is 4.98 Å². The van der Waals surface area contributed by atoms with Crippen molar-refractivity contribution in [1.82, 2.24) is 9.88 Å². The molecule has 31 heavy (non-hydrogen) atoms. The first-order chi connectivity index (χ1) is 14.7. The Morgan fingerprint density at radius 1 is 0.935 bits per heavy atom. The topological polar surface area (TPSA) is 42.4 Å². The fourth-order valence-corrected chi connectivity index (χ4v) is 4.14. The third-order valence-electron chi connectivity index (χ3n) is 4.19. The van der Waals surface area contributed by atoms with Crippen LogP contribution in [0.2, 0.25) is 25.1 Å². The molecule has 162 valence electrons. The molecule has 0 spiro atoms. The van der Waals surface area contributed by atoms with Gasteiger partial charge in [0.1, 0.15) is 12.4 Å². The standard InChI is InChI=1S/C21H14Cl5FN2O2/c22-14-2-1-12(17(24)6-14)11-29(21(30)13-5-16(27)10-28-9-13)3-4-31-20-18(25)7-15(23)8-19(20)26/h1-2,5-10H,3-4,11H2. The molecule has 1 heterocycles. The van der Waals surface area contributed by atoms with Gasteiger partial charge in [-0.25, -0.2) is 4.39 Å². The molecule has 3 aromatic rings. The molecule has 1 amide bonds. The van der Waals surface area contributed by atoms with E-state index in [-0.39, 0.29) is 41.1 Å². The smallest absolute Gasteiger partial charge is 0.255 e. The van der Waals surface area contributed by atoms with E-state index in [0.717, 1.165) is 12.3 Å². The number of carbonyl (C=O) groups is 1. The normalized spacial score (nSPS) is 10.8. The molecule has 0 aliphatic carbocycles. The molecular formula is C21H14Cl5FN2O2. The van der Waals surface area contributed by atoms with Crippen molar-refractivity contribution in [2.24, 2.45) is 0 Å². The molecule has 0 N–H and O–H groups in total. The van der Waals surface area contributed by atoms with Gasteiger partial charge in [-0.2, -0.15) is 0 Å². The van der Waals surface area contributed by atoms with Crippen LogP contribution in [0.15, 0.2) is 48.8 Å². The third-order valence-corrected chi connectivity index (χ3v) is 5.55. The summed E-state index contributed by atoms with van der Waals surface area (Å²) in [7, 11) is 0. The molecule has 4 nitrogen and oxygen atoms in total. The van der Waals surface area contributed by atoms with Gasteiger partial charge in [-0.1, -0.05) is 64.1 Å². The highest BCUT2D eigenvalue weighted by Crippen LogP contribution is 2.35. The number of benzene rings is 2. The highest BCUT2D eigenvalue weighted by Gasteiger charge is 2.19. The van der Waals surface area contributed by atoms with Crippen LogP contribution in [0.25, 0.3) is 0 Å². The molecule has 0 bridgehead atoms. The quantitative estimate of drug-likeness (QED) is 0.329. The van der Waals surface area contributed by atoms with Crippen LogP contribution in [0.3, 0.4) is 0 Å². The minimum Gasteiger partial charge on any atom is -0.489 e. The number of hydrogen-bond acceptors (Lipinski definition) is 3. The van der Waals surface area contributed by atoms with Crippen molar-refractivity contribution in [1.29, 1.82) is 0 Å². The predicted molar refractivity (Wildman–Crippen MR) is 122 cm³/mol. The zero-order valence-electron chi connectivity index (χ0n) is 15.7. The van der Waals surface area contributed by atoms with Crippen LogP contribution in [-0.2, 0) is 6.54 Å². The fourth-order valence-electron chi connectivity index (χ4n) is 2.74. The number of rotatable bonds is 7. The van der Waals surface area contributed by atoms with Crippen LogP contribution in [0, 0.1) is 5.82 Å². The first-order valence-corrected chi connectivity index (χ1v) is 10.7. The summed E-state index contributed by atoms with van der Waals surface area (Å²) in [6.07, 6.45) is 2.31. The van der Waals surface area contributed by atoms with Gasteiger partial charge in [0.15, 0.2) is 5.75 Å². The number of amides is 1. The second kappa shape index (κ2) is 10.7. The van der Waals surface area contributed by atoms with Crippen molar-refractivity contribution in [3.63, 3.8) is 0 Å². The van der Waals surface area contributed by atoms with Crippen molar-refractivity contribution < 1.29 is 13.9 Å². The largest absolute Gasteiger partial charge is 0.489 e. The molecular weight excluding hydrogens is 509 g/mol. The van der Waals surface area contributed by atoms with E-state index < -0.39 is 11.7 Å². The van der Waals surface area contributed by atoms with Crippen LogP contribution >= 0.6 is 58.0 Å². The predicted octanol–water partition coefficient (Wildman–Crippen LogP) is 7.21. The van der Waals surface area contributed by atoms with Crippen LogP contribution in [-0.4, -0.2) is 28.9 Å². The lowest BCUT2D eigenvalue weighted by molar-refractivity contribution is 0.0715. The van der Waals surface area contributed by atoms with Crippen LogP contribution in [0.5, 0.6) is 5.75 Å². The molecule has 0 saturated carbocycles. The Balaban J connectivity index is 1.81. The summed E-state index contributed by atoms with van der Waals surface area (Å²) < 4.78 is 19.3. The van der Waals surface area contributed by atoms with Gasteiger partial charge in [0, 0.05) is 27.8 Å². The first-order valence-electron chi connectivity index (χ1n) is 8.85. The number of pyridine rings is 1. The SMILES string of the molecule is O=C(c1cncc(F)c1)N(CCOc1c(Cl)cc(Cl)cc1Cl)Cc1ccc(Cl)cc1Cl. The van der Waals surface area contributed by atoms with Gasteiger partial charge in [0.2, 0.25) is 0 Å². The Bertz CT molecular complexity index is 1090. The van der Waals surface area contributed by atoms with Crippen molar-refractivity contribution in [3.8, 4) is 5.75 Å². The molecule has 0 saturated heterocycles. The van der Waals surface area contributed by atoms with Crippen molar-refractivity contribution in [2.75, 3.05) is 13.2 Å². The summed E-state index contributed by atoms with van der Waals surface area (Å²) in [5.74, 6) is -0.821. The molecule has 0 unspecified atom stereocenters. The fraction of sp³-hybridized carbons (Fsp3) is 0.143. The summed E-state index contributed by atoms with van der Waals surface area (Å²) in [5.41, 5.74) is 0.749. The van der Waals surface area contributed by atoms with Gasteiger partial charge < -0.3 is 9.64 Å². The van der Waals surface area contributed by atoms with Crippen molar-refractivity contribution >= 4 is 63.9 Å². The zero-order valence-corrected chi connectivity index (χ0v) is 19.5. The van der Waals surface area contributed by atoms with Crippen LogP contribution < -0.4 is 4.74 Å². The van der Waals surface area contributed by atoms with Crippen molar-refractivity contribution in [3.05, 3.63) is 90.8 Å². The van der Waals surface area contributed by atoms with E-state index >= 15 is 0 Å². The van der Waals surface area contributed by atoms with E-state index in [1.807, 2.05) is 0 Å². The maximum absolute atomic E-state index is 13.6. The molecule has 0 aliphatic rings. The van der Waals surface area contributed by atoms with Gasteiger partial charge in [0.05, 0.1) is 28.4 Å². The van der Waals surface area contributed by atoms with Crippen molar-refractivity contribution in [2.45, 2.75) is 6.54 Å². The maximum Gasteiger partial charge on any atom is 0.255 e. The minimum atomic E-state index is -0.619. The molecule has 0 atom stereocenters. The average molecular weight is 523 g/mol. The number of halogens is 6. The Morgan fingerprint density at radius 3 is 2.26 bits per heavy atom. The van der Waals surface area contributed by atoms with E-state index in [1.54, 1.807) is 18.2 Å². The third kappa shape index (κ3) is 6.37. The van der Waals surface area contributed by atoms with Crippen LogP contribution in [0.1, 0.15) is 15.9 Å². The number of hydrogen-bond donors (Lipinski definition) is 0. The minimum absolute atomic E-state index is 0.0563. The Morgan fingerprint density at radius 2 is 1.61 bits per heavy atom. The number of aromatic nitrogens is 1. The van der Waals surface area contributed by atoms with E-state index in [0.29, 0.717) is 20.6 Å². The maximum atomic E-state index is 13.6. The Labute approximate surface area is 203 Å². The van der Waals surface area contributed by atoms with E-state index in [4.69, 9.17) is 62.7 Å². The monoisotopic (exact) mass is 520 g/mol. The van der Waals surface area contributed by atoms with Gasteiger partial charge in [-0.05, 0) is 35.9 Å². The molecule has 10 heteroatoms. The molecule has 2 aromatic carbocycles. The zero-order chi connectivity index (χ0) is 22.5. The van der Waals surface area contributed by atoms with Gasteiger partial charge in [-0.15, -0.1) is 0 Å². The second-order valence-electron chi connectivity index (χ2n) is 6.40. The van der Waals surface area contributed by atoms with E-state index in [1.165, 1.54) is 23.2 Å². The van der Waals surface area contributed by atoms with Gasteiger partial charge in [0.25, 0.3) is 5.91 Å². The molecule has 3 rings (SSSR count). The van der Waals surface area contributed by atoms with Gasteiger partial charge >= 0.3 is 0 Å². The molecule has 0 fully saturated rings. The van der Waals surface area contributed by atoms with Gasteiger partial charge in [-0.3, -0.25) is 9.78 Å². The summed E-state index contributed by atoms with van der Waals surface area (Å²) in [6.45, 7) is 0.321. The molecule has 1 aromatic heterocycles. The summed E-state index contributed by atoms with van der Waals surface area (Å²) in [5, 5.41) is 1.72. The van der Waals surface area contributed by atoms with Crippen LogP contribution in [0.4, 0.5) is 4.39 Å². The summed E-state index contributed by atoms with van der Waals surface area (Å²) in [4.78, 5) is 18.2. The molecule has 0 aliphatic heterocycles. The Kier molecular flexibility index (Phi) is 8.25. The Hall–Kier alpha value is -1.76. The number of carbonyl (C=O) groups excluding carboxylic acids is 1. The first kappa shape index (κ1) is 23.9. The average Bonchev–Trinajstić information content (AvgIpc) is 2.70. The number of ether oxygens (including phenoxy) is 1. The summed E-state index contributed by atoms with van der Waals surface area (Å²) in [6, 6.07) is 9.06. The highest BCUT2D eigenvalue weighted by molar-refractivity contribution is 6.40. The lowest BCUT2D eigenvalue weighted by Crippen LogP contribution is -2.34. The van der Waals surface area contributed by atoms with E-state index in [9.17, 15) is 9.18 Å². The highest BCUT2D eigenvalue weighted by atomic mass is 35.5. The lowest BCUT2D eigenvalue weighted by Gasteiger charge is -2.24.